The number of oxazole rings is 1. The number of nitro groups is 1. The van der Waals surface area contributed by atoms with Crippen LogP contribution in [0.3, 0.4) is 0 Å². The molecule has 0 aliphatic carbocycles. The molecule has 2 aromatic carbocycles. The molecule has 1 saturated heterocycles. The predicted molar refractivity (Wildman–Crippen MR) is 128 cm³/mol. The number of fused-ring (bicyclic) bond motifs is 1. The second kappa shape index (κ2) is 10.6. The number of nitrogens with zero attached hydrogens (tertiary/aromatic N) is 3. The maximum atomic E-state index is 12.3. The van der Waals surface area contributed by atoms with E-state index in [1.807, 2.05) is 0 Å². The smallest absolute Gasteiger partial charge is 0.407 e. The Morgan fingerprint density at radius 2 is 1.97 bits per heavy atom. The quantitative estimate of drug-likeness (QED) is 0.379. The fourth-order valence-electron chi connectivity index (χ4n) is 4.52. The van der Waals surface area contributed by atoms with E-state index in [-0.39, 0.29) is 23.6 Å². The maximum Gasteiger partial charge on any atom is 0.419 e. The van der Waals surface area contributed by atoms with Crippen molar-refractivity contribution in [2.24, 2.45) is 5.92 Å². The zero-order chi connectivity index (χ0) is 24.1. The van der Waals surface area contributed by atoms with E-state index >= 15 is 0 Å². The number of carbonyl (C=O) groups is 1. The lowest BCUT2D eigenvalue weighted by Crippen LogP contribution is -2.33. The van der Waals surface area contributed by atoms with Gasteiger partial charge in [-0.1, -0.05) is 31.2 Å². The second-order valence-electron chi connectivity index (χ2n) is 9.11. The molecule has 1 N–H and O–H groups in total. The molecule has 9 nitrogen and oxygen atoms in total. The first-order valence-corrected chi connectivity index (χ1v) is 11.7. The molecular weight excluding hydrogens is 436 g/mol. The molecule has 1 unspecified atom stereocenters. The van der Waals surface area contributed by atoms with Crippen LogP contribution in [-0.2, 0) is 24.4 Å². The molecule has 1 aliphatic rings. The largest absolute Gasteiger partial charge is 0.419 e. The van der Waals surface area contributed by atoms with Gasteiger partial charge in [-0.2, -0.15) is 0 Å². The summed E-state index contributed by atoms with van der Waals surface area (Å²) in [6.07, 6.45) is 3.29. The van der Waals surface area contributed by atoms with Gasteiger partial charge in [0.15, 0.2) is 5.58 Å². The van der Waals surface area contributed by atoms with Gasteiger partial charge in [0.2, 0.25) is 5.91 Å². The van der Waals surface area contributed by atoms with E-state index in [0.29, 0.717) is 25.0 Å². The first-order valence-electron chi connectivity index (χ1n) is 11.7. The number of carbonyl (C=O) groups excluding carboxylic acids is 1. The zero-order valence-electron chi connectivity index (χ0n) is 19.4. The molecule has 0 bridgehead atoms. The van der Waals surface area contributed by atoms with Crippen LogP contribution in [-0.4, -0.2) is 33.4 Å². The standard InChI is InChI=1S/C25H30N4O5/c1-18-4-2-12-27(16-18)17-20-8-6-19(7-9-20)15-26-24(30)5-3-13-28-22-11-10-21(29(32)33)14-23(22)34-25(28)31/h6-11,14,18H,2-5,12-13,15-17H2,1H3,(H,26,30). The average Bonchev–Trinajstić information content (AvgIpc) is 3.13. The van der Waals surface area contributed by atoms with Gasteiger partial charge in [0, 0.05) is 38.7 Å². The third-order valence-corrected chi connectivity index (χ3v) is 6.31. The van der Waals surface area contributed by atoms with Gasteiger partial charge in [-0.05, 0) is 48.9 Å². The number of aromatic nitrogens is 1. The van der Waals surface area contributed by atoms with E-state index in [1.165, 1.54) is 41.2 Å². The highest BCUT2D eigenvalue weighted by Crippen LogP contribution is 2.20. The van der Waals surface area contributed by atoms with Crippen LogP contribution < -0.4 is 11.1 Å². The molecule has 9 heteroatoms. The number of nitrogens with one attached hydrogen (secondary N) is 1. The third-order valence-electron chi connectivity index (χ3n) is 6.31. The van der Waals surface area contributed by atoms with Gasteiger partial charge < -0.3 is 9.73 Å². The van der Waals surface area contributed by atoms with Crippen LogP contribution in [0.5, 0.6) is 0 Å². The summed E-state index contributed by atoms with van der Waals surface area (Å²) in [4.78, 5) is 37.2. The minimum atomic E-state index is -0.588. The molecule has 3 aromatic rings. The van der Waals surface area contributed by atoms with Gasteiger partial charge in [-0.25, -0.2) is 4.79 Å². The second-order valence-corrected chi connectivity index (χ2v) is 9.11. The number of aryl methyl sites for hydroxylation is 1. The molecule has 0 spiro atoms. The van der Waals surface area contributed by atoms with Gasteiger partial charge in [0.1, 0.15) is 0 Å². The van der Waals surface area contributed by atoms with Crippen molar-refractivity contribution >= 4 is 22.7 Å². The summed E-state index contributed by atoms with van der Waals surface area (Å²) in [7, 11) is 0. The van der Waals surface area contributed by atoms with E-state index in [1.54, 1.807) is 0 Å². The average molecular weight is 467 g/mol. The van der Waals surface area contributed by atoms with Crippen molar-refractivity contribution in [2.75, 3.05) is 13.1 Å². The highest BCUT2D eigenvalue weighted by molar-refractivity contribution is 5.76. The van der Waals surface area contributed by atoms with Gasteiger partial charge in [-0.3, -0.25) is 24.4 Å². The first-order chi connectivity index (χ1) is 16.4. The molecule has 0 radical (unpaired) electrons. The van der Waals surface area contributed by atoms with Gasteiger partial charge in [-0.15, -0.1) is 0 Å². The van der Waals surface area contributed by atoms with Crippen molar-refractivity contribution in [1.82, 2.24) is 14.8 Å². The molecule has 1 amide bonds. The Morgan fingerprint density at radius 3 is 2.71 bits per heavy atom. The normalized spacial score (nSPS) is 16.6. The van der Waals surface area contributed by atoms with Crippen molar-refractivity contribution in [3.8, 4) is 0 Å². The van der Waals surface area contributed by atoms with Gasteiger partial charge in [0.25, 0.3) is 5.69 Å². The van der Waals surface area contributed by atoms with Crippen LogP contribution in [0, 0.1) is 16.0 Å². The lowest BCUT2D eigenvalue weighted by Gasteiger charge is -2.30. The number of piperidine rings is 1. The number of benzene rings is 2. The fraction of sp³-hybridized carbons (Fsp3) is 0.440. The summed E-state index contributed by atoms with van der Waals surface area (Å²) >= 11 is 0. The van der Waals surface area contributed by atoms with Gasteiger partial charge >= 0.3 is 5.76 Å². The van der Waals surface area contributed by atoms with E-state index < -0.39 is 10.7 Å². The molecule has 1 atom stereocenters. The number of non-ortho nitro benzene ring substituents is 1. The van der Waals surface area contributed by atoms with Crippen LogP contribution in [0.2, 0.25) is 0 Å². The highest BCUT2D eigenvalue weighted by Gasteiger charge is 2.16. The minimum absolute atomic E-state index is 0.0946. The van der Waals surface area contributed by atoms with E-state index in [2.05, 4.69) is 41.4 Å². The van der Waals surface area contributed by atoms with Crippen molar-refractivity contribution in [1.29, 1.82) is 0 Å². The van der Waals surface area contributed by atoms with Crippen molar-refractivity contribution in [2.45, 2.75) is 52.2 Å². The number of hydrogen-bond donors (Lipinski definition) is 1. The Hall–Kier alpha value is -3.46. The lowest BCUT2D eigenvalue weighted by molar-refractivity contribution is -0.384. The summed E-state index contributed by atoms with van der Waals surface area (Å²) in [5.41, 5.74) is 2.84. The van der Waals surface area contributed by atoms with E-state index in [9.17, 15) is 19.7 Å². The Bertz CT molecular complexity index is 1210. The van der Waals surface area contributed by atoms with Crippen LogP contribution in [0.25, 0.3) is 11.1 Å². The molecular formula is C25H30N4O5. The number of nitro benzene ring substituents is 1. The SMILES string of the molecule is CC1CCCN(Cc2ccc(CNC(=O)CCCn3c(=O)oc4cc([N+](=O)[O-])ccc43)cc2)C1. The Kier molecular flexibility index (Phi) is 7.42. The van der Waals surface area contributed by atoms with Crippen LogP contribution in [0.15, 0.2) is 51.7 Å². The van der Waals surface area contributed by atoms with Crippen molar-refractivity contribution in [3.05, 3.63) is 74.3 Å². The van der Waals surface area contributed by atoms with E-state index in [4.69, 9.17) is 4.42 Å². The molecule has 0 saturated carbocycles. The summed E-state index contributed by atoms with van der Waals surface area (Å²) in [5.74, 6) is 0.0772. The monoisotopic (exact) mass is 466 g/mol. The third kappa shape index (κ3) is 5.91. The number of amides is 1. The summed E-state index contributed by atoms with van der Waals surface area (Å²) in [6, 6.07) is 12.4. The van der Waals surface area contributed by atoms with E-state index in [0.717, 1.165) is 31.1 Å². The highest BCUT2D eigenvalue weighted by atomic mass is 16.6. The molecule has 1 aromatic heterocycles. The molecule has 2 heterocycles. The molecule has 4 rings (SSSR count). The Labute approximate surface area is 197 Å². The maximum absolute atomic E-state index is 12.3. The number of hydrogen-bond acceptors (Lipinski definition) is 6. The fourth-order valence-corrected chi connectivity index (χ4v) is 4.52. The molecule has 1 aliphatic heterocycles. The van der Waals surface area contributed by atoms with Gasteiger partial charge in [0.05, 0.1) is 16.5 Å². The zero-order valence-corrected chi connectivity index (χ0v) is 19.4. The molecule has 1 fully saturated rings. The predicted octanol–water partition coefficient (Wildman–Crippen LogP) is 3.83. The number of rotatable bonds is 9. The minimum Gasteiger partial charge on any atom is -0.407 e. The van der Waals surface area contributed by atoms with Crippen molar-refractivity contribution in [3.63, 3.8) is 0 Å². The summed E-state index contributed by atoms with van der Waals surface area (Å²) in [6.45, 7) is 6.33. The first kappa shape index (κ1) is 23.7. The molecule has 180 valence electrons. The lowest BCUT2D eigenvalue weighted by atomic mass is 9.99. The molecule has 34 heavy (non-hydrogen) atoms. The Balaban J connectivity index is 1.23. The topological polar surface area (TPSA) is 111 Å². The summed E-state index contributed by atoms with van der Waals surface area (Å²) in [5, 5.41) is 13.8. The van der Waals surface area contributed by atoms with Crippen LogP contribution in [0.1, 0.15) is 43.7 Å². The number of likely N-dealkylation sites (tertiary alicyclic amines) is 1. The van der Waals surface area contributed by atoms with Crippen LogP contribution in [0.4, 0.5) is 5.69 Å². The summed E-state index contributed by atoms with van der Waals surface area (Å²) < 4.78 is 6.51. The Morgan fingerprint density at radius 1 is 1.21 bits per heavy atom. The van der Waals surface area contributed by atoms with Crippen molar-refractivity contribution < 1.29 is 14.1 Å². The van der Waals surface area contributed by atoms with Crippen LogP contribution >= 0.6 is 0 Å².